The molecule has 0 aliphatic heterocycles. The molecule has 0 aliphatic carbocycles. The summed E-state index contributed by atoms with van der Waals surface area (Å²) in [6.45, 7) is 1.72. The van der Waals surface area contributed by atoms with Crippen molar-refractivity contribution in [3.8, 4) is 0 Å². The molecule has 0 saturated heterocycles. The molecule has 6 nitrogen and oxygen atoms in total. The summed E-state index contributed by atoms with van der Waals surface area (Å²) in [5.41, 5.74) is 7.00. The molecular formula is C13H13ClN4O2S. The number of nitrogens with two attached hydrogens (primary N) is 1. The van der Waals surface area contributed by atoms with Crippen LogP contribution in [0.2, 0.25) is 5.02 Å². The number of aromatic amines is 1. The molecule has 1 amide bonds. The van der Waals surface area contributed by atoms with Crippen LogP contribution in [0.3, 0.4) is 0 Å². The first-order valence-electron chi connectivity index (χ1n) is 5.99. The fraction of sp³-hybridized carbons (Fsp3) is 0.154. The van der Waals surface area contributed by atoms with E-state index in [1.807, 2.05) is 0 Å². The largest absolute Gasteiger partial charge is 0.397 e. The van der Waals surface area contributed by atoms with E-state index in [1.54, 1.807) is 25.1 Å². The SMILES string of the molecule is Cc1cc(=O)[nH]c(SCC(=O)Nc2ccc(Cl)cc2N)n1. The second-order valence-electron chi connectivity index (χ2n) is 4.26. The van der Waals surface area contributed by atoms with Gasteiger partial charge in [-0.1, -0.05) is 23.4 Å². The molecule has 2 rings (SSSR count). The maximum atomic E-state index is 11.9. The maximum absolute atomic E-state index is 11.9. The zero-order valence-corrected chi connectivity index (χ0v) is 12.7. The van der Waals surface area contributed by atoms with Crippen LogP contribution in [-0.2, 0) is 4.79 Å². The van der Waals surface area contributed by atoms with Crippen molar-refractivity contribution in [2.24, 2.45) is 0 Å². The van der Waals surface area contributed by atoms with E-state index in [0.29, 0.717) is 27.2 Å². The van der Waals surface area contributed by atoms with E-state index < -0.39 is 0 Å². The number of benzene rings is 1. The van der Waals surface area contributed by atoms with Crippen LogP contribution in [0.15, 0.2) is 34.2 Å². The Labute approximate surface area is 130 Å². The van der Waals surface area contributed by atoms with Gasteiger partial charge in [0, 0.05) is 16.8 Å². The minimum atomic E-state index is -0.252. The molecule has 0 aliphatic rings. The minimum Gasteiger partial charge on any atom is -0.397 e. The van der Waals surface area contributed by atoms with Gasteiger partial charge in [0.1, 0.15) is 0 Å². The standard InChI is InChI=1S/C13H13ClN4O2S/c1-7-4-11(19)18-13(16-7)21-6-12(20)17-10-3-2-8(14)5-9(10)15/h2-5H,6,15H2,1H3,(H,17,20)(H,16,18,19). The van der Waals surface area contributed by atoms with Gasteiger partial charge in [0.2, 0.25) is 5.91 Å². The van der Waals surface area contributed by atoms with E-state index in [1.165, 1.54) is 6.07 Å². The second-order valence-corrected chi connectivity index (χ2v) is 5.66. The number of nitrogen functional groups attached to an aromatic ring is 1. The normalized spacial score (nSPS) is 10.4. The molecule has 110 valence electrons. The number of hydrogen-bond acceptors (Lipinski definition) is 5. The van der Waals surface area contributed by atoms with E-state index in [0.717, 1.165) is 11.8 Å². The molecule has 1 aromatic heterocycles. The van der Waals surface area contributed by atoms with Crippen molar-refractivity contribution < 1.29 is 4.79 Å². The Balaban J connectivity index is 1.97. The zero-order chi connectivity index (χ0) is 15.4. The number of nitrogens with one attached hydrogen (secondary N) is 2. The van der Waals surface area contributed by atoms with Gasteiger partial charge in [-0.2, -0.15) is 0 Å². The lowest BCUT2D eigenvalue weighted by atomic mass is 10.2. The van der Waals surface area contributed by atoms with Crippen molar-refractivity contribution in [3.63, 3.8) is 0 Å². The van der Waals surface area contributed by atoms with Gasteiger partial charge in [0.15, 0.2) is 5.16 Å². The highest BCUT2D eigenvalue weighted by atomic mass is 35.5. The number of nitrogens with zero attached hydrogens (tertiary/aromatic N) is 1. The summed E-state index contributed by atoms with van der Waals surface area (Å²) < 4.78 is 0. The average molecular weight is 325 g/mol. The Morgan fingerprint density at radius 3 is 2.90 bits per heavy atom. The molecule has 1 aromatic carbocycles. The summed E-state index contributed by atoms with van der Waals surface area (Å²) in [7, 11) is 0. The highest BCUT2D eigenvalue weighted by molar-refractivity contribution is 7.99. The van der Waals surface area contributed by atoms with Crippen LogP contribution in [0, 0.1) is 6.92 Å². The third-order valence-electron chi connectivity index (χ3n) is 2.48. The second kappa shape index (κ2) is 6.64. The minimum absolute atomic E-state index is 0.106. The number of hydrogen-bond donors (Lipinski definition) is 3. The van der Waals surface area contributed by atoms with Gasteiger partial charge in [-0.3, -0.25) is 9.59 Å². The number of carbonyl (C=O) groups is 1. The lowest BCUT2D eigenvalue weighted by Crippen LogP contribution is -2.16. The van der Waals surface area contributed by atoms with Crippen molar-refractivity contribution in [2.75, 3.05) is 16.8 Å². The van der Waals surface area contributed by atoms with E-state index in [9.17, 15) is 9.59 Å². The molecule has 0 radical (unpaired) electrons. The summed E-state index contributed by atoms with van der Waals surface area (Å²) in [6.07, 6.45) is 0. The van der Waals surface area contributed by atoms with Gasteiger partial charge in [-0.15, -0.1) is 0 Å². The van der Waals surface area contributed by atoms with E-state index in [-0.39, 0.29) is 17.2 Å². The first kappa shape index (κ1) is 15.4. The smallest absolute Gasteiger partial charge is 0.251 e. The fourth-order valence-corrected chi connectivity index (χ4v) is 2.49. The lowest BCUT2D eigenvalue weighted by Gasteiger charge is -2.08. The van der Waals surface area contributed by atoms with Crippen LogP contribution >= 0.6 is 23.4 Å². The predicted molar refractivity (Wildman–Crippen MR) is 84.8 cm³/mol. The molecule has 0 saturated carbocycles. The van der Waals surface area contributed by atoms with E-state index in [2.05, 4.69) is 15.3 Å². The van der Waals surface area contributed by atoms with Crippen molar-refractivity contribution in [3.05, 3.63) is 45.3 Å². The average Bonchev–Trinajstić information content (AvgIpc) is 2.39. The Morgan fingerprint density at radius 2 is 2.24 bits per heavy atom. The molecule has 2 aromatic rings. The summed E-state index contributed by atoms with van der Waals surface area (Å²) >= 11 is 6.93. The van der Waals surface area contributed by atoms with Crippen molar-refractivity contribution in [1.29, 1.82) is 0 Å². The number of thioether (sulfide) groups is 1. The molecule has 21 heavy (non-hydrogen) atoms. The monoisotopic (exact) mass is 324 g/mol. The topological polar surface area (TPSA) is 101 Å². The summed E-state index contributed by atoms with van der Waals surface area (Å²) in [6, 6.07) is 6.22. The van der Waals surface area contributed by atoms with Crippen molar-refractivity contribution in [2.45, 2.75) is 12.1 Å². The molecule has 8 heteroatoms. The lowest BCUT2D eigenvalue weighted by molar-refractivity contribution is -0.113. The van der Waals surface area contributed by atoms with Crippen molar-refractivity contribution in [1.82, 2.24) is 9.97 Å². The third kappa shape index (κ3) is 4.51. The number of aryl methyl sites for hydroxylation is 1. The number of anilines is 2. The van der Waals surface area contributed by atoms with E-state index in [4.69, 9.17) is 17.3 Å². The zero-order valence-electron chi connectivity index (χ0n) is 11.1. The molecule has 0 unspecified atom stereocenters. The number of rotatable bonds is 4. The van der Waals surface area contributed by atoms with Gasteiger partial charge in [-0.05, 0) is 25.1 Å². The third-order valence-corrected chi connectivity index (χ3v) is 3.58. The van der Waals surface area contributed by atoms with Crippen LogP contribution in [-0.4, -0.2) is 21.6 Å². The van der Waals surface area contributed by atoms with Gasteiger partial charge < -0.3 is 16.0 Å². The van der Waals surface area contributed by atoms with Gasteiger partial charge in [0.25, 0.3) is 5.56 Å². The van der Waals surface area contributed by atoms with E-state index >= 15 is 0 Å². The highest BCUT2D eigenvalue weighted by Gasteiger charge is 2.08. The van der Waals surface area contributed by atoms with Crippen molar-refractivity contribution >= 4 is 40.6 Å². The fourth-order valence-electron chi connectivity index (χ4n) is 1.59. The number of halogens is 1. The first-order valence-corrected chi connectivity index (χ1v) is 7.36. The Morgan fingerprint density at radius 1 is 1.48 bits per heavy atom. The summed E-state index contributed by atoms with van der Waals surface area (Å²) in [5, 5.41) is 3.58. The molecule has 0 spiro atoms. The van der Waals surface area contributed by atoms with Gasteiger partial charge >= 0.3 is 0 Å². The Bertz CT molecular complexity index is 732. The number of amides is 1. The summed E-state index contributed by atoms with van der Waals surface area (Å²) in [5.74, 6) is -0.146. The quantitative estimate of drug-likeness (QED) is 0.454. The number of H-pyrrole nitrogens is 1. The summed E-state index contributed by atoms with van der Waals surface area (Å²) in [4.78, 5) is 29.8. The molecule has 1 heterocycles. The van der Waals surface area contributed by atoms with Gasteiger partial charge in [0.05, 0.1) is 17.1 Å². The highest BCUT2D eigenvalue weighted by Crippen LogP contribution is 2.23. The number of aromatic nitrogens is 2. The van der Waals surface area contributed by atoms with Gasteiger partial charge in [-0.25, -0.2) is 4.98 Å². The van der Waals surface area contributed by atoms with Crippen LogP contribution in [0.25, 0.3) is 0 Å². The van der Waals surface area contributed by atoms with Crippen LogP contribution in [0.5, 0.6) is 0 Å². The Hall–Kier alpha value is -1.99. The predicted octanol–water partition coefficient (Wildman–Crippen LogP) is 2.04. The number of carbonyl (C=O) groups excluding carboxylic acids is 1. The molecule has 0 atom stereocenters. The molecule has 0 fully saturated rings. The van der Waals surface area contributed by atoms with Crippen LogP contribution in [0.1, 0.15) is 5.69 Å². The Kier molecular flexibility index (Phi) is 4.87. The van der Waals surface area contributed by atoms with Crippen LogP contribution in [0.4, 0.5) is 11.4 Å². The molecular weight excluding hydrogens is 312 g/mol. The maximum Gasteiger partial charge on any atom is 0.251 e. The first-order chi connectivity index (χ1) is 9.94. The van der Waals surface area contributed by atoms with Crippen LogP contribution < -0.4 is 16.6 Å². The molecule has 0 bridgehead atoms. The molecule has 4 N–H and O–H groups in total.